The van der Waals surface area contributed by atoms with E-state index in [1.807, 2.05) is 60.7 Å². The van der Waals surface area contributed by atoms with Gasteiger partial charge in [0, 0.05) is 43.6 Å². The van der Waals surface area contributed by atoms with E-state index in [2.05, 4.69) is 34.0 Å². The van der Waals surface area contributed by atoms with Crippen molar-refractivity contribution in [3.63, 3.8) is 0 Å². The minimum absolute atomic E-state index is 0.124. The second-order valence-corrected chi connectivity index (χ2v) is 9.61. The first-order chi connectivity index (χ1) is 18.0. The Morgan fingerprint density at radius 1 is 0.946 bits per heavy atom. The van der Waals surface area contributed by atoms with Crippen LogP contribution in [-0.2, 0) is 6.61 Å². The van der Waals surface area contributed by atoms with E-state index >= 15 is 0 Å². The maximum Gasteiger partial charge on any atom is 0.145 e. The van der Waals surface area contributed by atoms with Gasteiger partial charge in [-0.25, -0.2) is 4.98 Å². The lowest BCUT2D eigenvalue weighted by Gasteiger charge is -2.34. The number of anilines is 2. The number of imidazole rings is 1. The molecule has 37 heavy (non-hydrogen) atoms. The molecule has 8 heteroatoms. The summed E-state index contributed by atoms with van der Waals surface area (Å²) in [6.45, 7) is 4.73. The largest absolute Gasteiger partial charge is 0.509 e. The molecule has 0 bridgehead atoms. The topological polar surface area (TPSA) is 91.7 Å². The molecule has 0 radical (unpaired) electrons. The Morgan fingerprint density at radius 2 is 1.76 bits per heavy atom. The van der Waals surface area contributed by atoms with Gasteiger partial charge in [-0.05, 0) is 42.9 Å². The number of piperazine rings is 1. The van der Waals surface area contributed by atoms with Crippen LogP contribution in [0.1, 0.15) is 11.4 Å². The summed E-state index contributed by atoms with van der Waals surface area (Å²) in [7, 11) is 2.15. The fraction of sp³-hybridized carbons (Fsp3) is 0.241. The Bertz CT molecular complexity index is 1470. The molecule has 6 rings (SSSR count). The van der Waals surface area contributed by atoms with Crippen LogP contribution in [0.5, 0.6) is 5.75 Å². The number of aliphatic hydroxyl groups is 1. The smallest absolute Gasteiger partial charge is 0.145 e. The Balaban J connectivity index is 1.20. The Labute approximate surface area is 215 Å². The van der Waals surface area contributed by atoms with Gasteiger partial charge in [0.05, 0.1) is 23.2 Å². The SMILES string of the molecule is CN1CCN(c2ccc3nc(C4=C(O)CN(c5cccc(OCc6ccccc6)c5)C4=N)[nH]c3c2)CC1. The van der Waals surface area contributed by atoms with Crippen LogP contribution < -0.4 is 14.5 Å². The zero-order valence-electron chi connectivity index (χ0n) is 20.8. The molecule has 1 aromatic heterocycles. The molecule has 0 unspecified atom stereocenters. The first-order valence-electron chi connectivity index (χ1n) is 12.5. The van der Waals surface area contributed by atoms with Gasteiger partial charge in [-0.1, -0.05) is 36.4 Å². The molecule has 3 N–H and O–H groups in total. The summed E-state index contributed by atoms with van der Waals surface area (Å²) in [5, 5.41) is 19.7. The summed E-state index contributed by atoms with van der Waals surface area (Å²) in [5.74, 6) is 1.55. The zero-order chi connectivity index (χ0) is 25.4. The fourth-order valence-electron chi connectivity index (χ4n) is 4.91. The van der Waals surface area contributed by atoms with E-state index < -0.39 is 0 Å². The van der Waals surface area contributed by atoms with Crippen LogP contribution in [0.15, 0.2) is 78.6 Å². The van der Waals surface area contributed by atoms with Gasteiger partial charge in [-0.15, -0.1) is 0 Å². The maximum absolute atomic E-state index is 10.9. The van der Waals surface area contributed by atoms with E-state index in [-0.39, 0.29) is 18.1 Å². The molecule has 0 saturated carbocycles. The second-order valence-electron chi connectivity index (χ2n) is 9.61. The van der Waals surface area contributed by atoms with Gasteiger partial charge in [0.2, 0.25) is 0 Å². The van der Waals surface area contributed by atoms with E-state index in [0.29, 0.717) is 23.8 Å². The standard InChI is InChI=1S/C29H30N6O2/c1-33-12-14-34(15-13-33)21-10-11-24-25(17-21)32-29(31-24)27-26(36)18-35(28(27)30)22-8-5-9-23(16-22)37-19-20-6-3-2-4-7-20/h2-11,16-17,30,36H,12-15,18-19H2,1H3,(H,31,32). The number of likely N-dealkylation sites (N-methyl/N-ethyl adjacent to an activating group) is 1. The van der Waals surface area contributed by atoms with Crippen molar-refractivity contribution in [2.24, 2.45) is 0 Å². The molecular weight excluding hydrogens is 464 g/mol. The molecule has 1 fully saturated rings. The van der Waals surface area contributed by atoms with Gasteiger partial charge in [-0.3, -0.25) is 5.41 Å². The Hall–Kier alpha value is -4.30. The van der Waals surface area contributed by atoms with E-state index in [1.54, 1.807) is 4.90 Å². The van der Waals surface area contributed by atoms with Crippen molar-refractivity contribution in [2.75, 3.05) is 49.6 Å². The number of nitrogens with zero attached hydrogens (tertiary/aromatic N) is 4. The zero-order valence-corrected chi connectivity index (χ0v) is 20.8. The van der Waals surface area contributed by atoms with E-state index in [0.717, 1.165) is 54.2 Å². The number of H-pyrrole nitrogens is 1. The molecular formula is C29H30N6O2. The number of rotatable bonds is 6. The van der Waals surface area contributed by atoms with E-state index in [1.165, 1.54) is 0 Å². The van der Waals surface area contributed by atoms with Crippen molar-refractivity contribution in [2.45, 2.75) is 6.61 Å². The van der Waals surface area contributed by atoms with Gasteiger partial charge < -0.3 is 29.5 Å². The van der Waals surface area contributed by atoms with Crippen molar-refractivity contribution in [3.05, 3.63) is 89.9 Å². The molecule has 0 amide bonds. The number of amidine groups is 1. The summed E-state index contributed by atoms with van der Waals surface area (Å²) in [6, 6.07) is 23.8. The van der Waals surface area contributed by atoms with Crippen molar-refractivity contribution in [1.29, 1.82) is 5.41 Å². The third-order valence-electron chi connectivity index (χ3n) is 7.05. The Morgan fingerprint density at radius 3 is 2.57 bits per heavy atom. The summed E-state index contributed by atoms with van der Waals surface area (Å²) < 4.78 is 5.97. The molecule has 0 atom stereocenters. The molecule has 0 aliphatic carbocycles. The summed E-state index contributed by atoms with van der Waals surface area (Å²) in [5.41, 5.74) is 5.16. The molecule has 4 aromatic rings. The first kappa shape index (κ1) is 23.1. The van der Waals surface area contributed by atoms with Crippen LogP contribution in [0.25, 0.3) is 16.6 Å². The predicted molar refractivity (Wildman–Crippen MR) is 148 cm³/mol. The number of fused-ring (bicyclic) bond motifs is 1. The molecule has 3 aromatic carbocycles. The first-order valence-corrected chi connectivity index (χ1v) is 12.5. The molecule has 3 heterocycles. The molecule has 1 saturated heterocycles. The van der Waals surface area contributed by atoms with Gasteiger partial charge in [0.25, 0.3) is 0 Å². The molecule has 2 aliphatic heterocycles. The highest BCUT2D eigenvalue weighted by Crippen LogP contribution is 2.33. The minimum atomic E-state index is 0.124. The van der Waals surface area contributed by atoms with Crippen molar-refractivity contribution >= 4 is 33.8 Å². The summed E-state index contributed by atoms with van der Waals surface area (Å²) in [4.78, 5) is 14.5. The monoisotopic (exact) mass is 494 g/mol. The number of ether oxygens (including phenoxy) is 1. The van der Waals surface area contributed by atoms with Crippen molar-refractivity contribution < 1.29 is 9.84 Å². The molecule has 188 valence electrons. The fourth-order valence-corrected chi connectivity index (χ4v) is 4.91. The molecule has 0 spiro atoms. The highest BCUT2D eigenvalue weighted by atomic mass is 16.5. The second kappa shape index (κ2) is 9.63. The third kappa shape index (κ3) is 4.63. The van der Waals surface area contributed by atoms with Gasteiger partial charge in [-0.2, -0.15) is 0 Å². The van der Waals surface area contributed by atoms with Crippen molar-refractivity contribution in [1.82, 2.24) is 14.9 Å². The van der Waals surface area contributed by atoms with Crippen LogP contribution in [0.4, 0.5) is 11.4 Å². The minimum Gasteiger partial charge on any atom is -0.509 e. The Kier molecular flexibility index (Phi) is 6.02. The number of hydrogen-bond acceptors (Lipinski definition) is 6. The van der Waals surface area contributed by atoms with Crippen LogP contribution in [-0.4, -0.2) is 65.6 Å². The quantitative estimate of drug-likeness (QED) is 0.361. The third-order valence-corrected chi connectivity index (χ3v) is 7.05. The average molecular weight is 495 g/mol. The van der Waals surface area contributed by atoms with Crippen LogP contribution in [0.2, 0.25) is 0 Å². The number of hydrogen-bond donors (Lipinski definition) is 3. The lowest BCUT2D eigenvalue weighted by atomic mass is 10.2. The van der Waals surface area contributed by atoms with Crippen LogP contribution in [0, 0.1) is 5.41 Å². The van der Waals surface area contributed by atoms with Gasteiger partial charge >= 0.3 is 0 Å². The average Bonchev–Trinajstić information content (AvgIpc) is 3.47. The van der Waals surface area contributed by atoms with E-state index in [9.17, 15) is 5.11 Å². The van der Waals surface area contributed by atoms with Crippen LogP contribution in [0.3, 0.4) is 0 Å². The van der Waals surface area contributed by atoms with Gasteiger partial charge in [0.1, 0.15) is 29.8 Å². The highest BCUT2D eigenvalue weighted by Gasteiger charge is 2.31. The number of aromatic amines is 1. The predicted octanol–water partition coefficient (Wildman–Crippen LogP) is 4.66. The normalized spacial score (nSPS) is 16.7. The van der Waals surface area contributed by atoms with Crippen LogP contribution >= 0.6 is 0 Å². The molecule has 8 nitrogen and oxygen atoms in total. The lowest BCUT2D eigenvalue weighted by Crippen LogP contribution is -2.44. The molecule has 2 aliphatic rings. The summed E-state index contributed by atoms with van der Waals surface area (Å²) in [6.07, 6.45) is 0. The maximum atomic E-state index is 10.9. The van der Waals surface area contributed by atoms with Crippen molar-refractivity contribution in [3.8, 4) is 5.75 Å². The number of aliphatic hydroxyl groups excluding tert-OH is 1. The number of aromatic nitrogens is 2. The van der Waals surface area contributed by atoms with E-state index in [4.69, 9.17) is 15.1 Å². The lowest BCUT2D eigenvalue weighted by molar-refractivity contribution is 0.306. The van der Waals surface area contributed by atoms with Gasteiger partial charge in [0.15, 0.2) is 0 Å². The number of nitrogens with one attached hydrogen (secondary N) is 2. The summed E-state index contributed by atoms with van der Waals surface area (Å²) >= 11 is 0. The number of benzene rings is 3. The highest BCUT2D eigenvalue weighted by molar-refractivity contribution is 6.30.